The monoisotopic (exact) mass is 759 g/mol. The Hall–Kier alpha value is -3.37. The Morgan fingerprint density at radius 1 is 0.767 bits per heavy atom. The number of nitrogens with zero attached hydrogens (tertiary/aromatic N) is 2. The van der Waals surface area contributed by atoms with Gasteiger partial charge in [0.05, 0.1) is 5.58 Å². The van der Waals surface area contributed by atoms with Gasteiger partial charge in [0, 0.05) is 46.0 Å². The van der Waals surface area contributed by atoms with Crippen LogP contribution in [0.3, 0.4) is 0 Å². The molecule has 1 saturated carbocycles. The van der Waals surface area contributed by atoms with Crippen LogP contribution in [0.15, 0.2) is 89.6 Å². The number of hydrogen-bond donors (Lipinski definition) is 0. The number of aryl methyl sites for hydroxylation is 2. The van der Waals surface area contributed by atoms with Crippen LogP contribution in [0.2, 0.25) is 19.6 Å². The summed E-state index contributed by atoms with van der Waals surface area (Å²) < 4.78 is 6.35. The van der Waals surface area contributed by atoms with Crippen LogP contribution in [0, 0.1) is 26.0 Å². The van der Waals surface area contributed by atoms with Gasteiger partial charge in [-0.05, 0) is 54.3 Å². The van der Waals surface area contributed by atoms with E-state index in [0.717, 1.165) is 33.7 Å². The first-order valence-electron chi connectivity index (χ1n) is 15.0. The van der Waals surface area contributed by atoms with Crippen LogP contribution < -0.4 is 5.19 Å². The van der Waals surface area contributed by atoms with Crippen molar-refractivity contribution in [1.29, 1.82) is 0 Å². The van der Waals surface area contributed by atoms with E-state index < -0.39 is 8.07 Å². The smallest absolute Gasteiger partial charge is 0.120 e. The van der Waals surface area contributed by atoms with Gasteiger partial charge >= 0.3 is 0 Å². The molecule has 0 atom stereocenters. The van der Waals surface area contributed by atoms with E-state index in [4.69, 9.17) is 9.40 Å². The summed E-state index contributed by atoms with van der Waals surface area (Å²) in [5, 5.41) is 3.86. The van der Waals surface area contributed by atoms with E-state index in [2.05, 4.69) is 98.4 Å². The Balaban J connectivity index is 0.000000208. The van der Waals surface area contributed by atoms with E-state index in [9.17, 15) is 0 Å². The molecule has 5 heteroatoms. The largest absolute Gasteiger partial charge is 0.501 e. The number of fused-ring (bicyclic) bond motifs is 3. The molecule has 6 aromatic rings. The van der Waals surface area contributed by atoms with E-state index in [-0.39, 0.29) is 20.1 Å². The zero-order valence-electron chi connectivity index (χ0n) is 25.6. The molecule has 0 N–H and O–H groups in total. The van der Waals surface area contributed by atoms with Crippen molar-refractivity contribution in [2.24, 2.45) is 0 Å². The van der Waals surface area contributed by atoms with Crippen molar-refractivity contribution in [3.63, 3.8) is 0 Å². The summed E-state index contributed by atoms with van der Waals surface area (Å²) in [6, 6.07) is 31.9. The predicted octanol–water partition coefficient (Wildman–Crippen LogP) is 9.81. The number of benzene rings is 3. The number of rotatable bonds is 4. The Bertz CT molecular complexity index is 1770. The maximum Gasteiger partial charge on any atom is 0.120 e. The summed E-state index contributed by atoms with van der Waals surface area (Å²) in [4.78, 5) is 9.17. The SMILES string of the molecule is C[Si](C)(C)c1c[c-]c(-c2ccc(C3CCCC3)cn2)c2oc3ccccc3c12.Cc1c[c-]c(-c2ccc(C)cn2)cc1.[Ir]. The minimum absolute atomic E-state index is 0. The Morgan fingerprint density at radius 2 is 1.49 bits per heavy atom. The van der Waals surface area contributed by atoms with Crippen molar-refractivity contribution in [3.05, 3.63) is 114 Å². The second-order valence-electron chi connectivity index (χ2n) is 12.6. The minimum Gasteiger partial charge on any atom is -0.501 e. The molecule has 0 spiro atoms. The molecule has 1 aliphatic rings. The molecule has 7 rings (SSSR count). The summed E-state index contributed by atoms with van der Waals surface area (Å²) >= 11 is 0. The number of hydrogen-bond acceptors (Lipinski definition) is 3. The Morgan fingerprint density at radius 3 is 2.14 bits per heavy atom. The van der Waals surface area contributed by atoms with Gasteiger partial charge in [-0.15, -0.1) is 52.7 Å². The Labute approximate surface area is 270 Å². The van der Waals surface area contributed by atoms with E-state index in [1.807, 2.05) is 37.4 Å². The maximum atomic E-state index is 6.35. The Kier molecular flexibility index (Phi) is 9.46. The van der Waals surface area contributed by atoms with Crippen molar-refractivity contribution in [2.75, 3.05) is 0 Å². The standard InChI is InChI=1S/C25H26NOSi.C13H12N.Ir/c1-28(2,3)23-15-13-19(25-24(23)20-10-6-7-11-22(20)27-25)21-14-12-18(16-26-21)17-8-4-5-9-17;1-10-3-6-12(7-4-10)13-8-5-11(2)9-14-13;/h6-7,10-12,14-17H,4-5,8-9H2,1-3H3;3-6,8-9H,1-2H3;/q2*-1;. The first kappa shape index (κ1) is 31.1. The summed E-state index contributed by atoms with van der Waals surface area (Å²) in [5.41, 5.74) is 9.62. The van der Waals surface area contributed by atoms with Crippen LogP contribution in [0.4, 0.5) is 0 Å². The first-order valence-corrected chi connectivity index (χ1v) is 18.5. The van der Waals surface area contributed by atoms with Crippen molar-refractivity contribution in [3.8, 4) is 22.5 Å². The molecule has 0 bridgehead atoms. The fraction of sp³-hybridized carbons (Fsp3) is 0.263. The van der Waals surface area contributed by atoms with Crippen molar-refractivity contribution in [1.82, 2.24) is 9.97 Å². The zero-order chi connectivity index (χ0) is 29.3. The quantitative estimate of drug-likeness (QED) is 0.133. The molecule has 0 amide bonds. The van der Waals surface area contributed by atoms with Gasteiger partial charge in [0.15, 0.2) is 0 Å². The molecule has 43 heavy (non-hydrogen) atoms. The average molecular weight is 759 g/mol. The summed E-state index contributed by atoms with van der Waals surface area (Å²) in [7, 11) is -1.54. The topological polar surface area (TPSA) is 38.9 Å². The van der Waals surface area contributed by atoms with E-state index in [1.165, 1.54) is 58.3 Å². The van der Waals surface area contributed by atoms with Crippen molar-refractivity contribution < 1.29 is 24.5 Å². The minimum atomic E-state index is -1.54. The van der Waals surface area contributed by atoms with Crippen molar-refractivity contribution in [2.45, 2.75) is 65.1 Å². The molecule has 3 aromatic heterocycles. The molecule has 1 fully saturated rings. The molecule has 0 aliphatic heterocycles. The zero-order valence-corrected chi connectivity index (χ0v) is 29.0. The van der Waals surface area contributed by atoms with Gasteiger partial charge in [0.25, 0.3) is 0 Å². The molecular formula is C38H38IrN2OSi-2. The van der Waals surface area contributed by atoms with Gasteiger partial charge in [-0.25, -0.2) is 0 Å². The number of pyridine rings is 2. The molecule has 3 aromatic carbocycles. The number of furan rings is 1. The van der Waals surface area contributed by atoms with Gasteiger partial charge < -0.3 is 14.4 Å². The summed E-state index contributed by atoms with van der Waals surface area (Å²) in [5.74, 6) is 0.686. The average Bonchev–Trinajstić information content (AvgIpc) is 3.67. The predicted molar refractivity (Wildman–Crippen MR) is 178 cm³/mol. The van der Waals surface area contributed by atoms with Crippen LogP contribution in [0.25, 0.3) is 44.5 Å². The summed E-state index contributed by atoms with van der Waals surface area (Å²) in [6.45, 7) is 11.2. The fourth-order valence-electron chi connectivity index (χ4n) is 5.90. The van der Waals surface area contributed by atoms with Gasteiger partial charge in [0.1, 0.15) is 5.58 Å². The normalized spacial score (nSPS) is 13.5. The molecule has 1 radical (unpaired) electrons. The van der Waals surface area contributed by atoms with Crippen molar-refractivity contribution >= 4 is 35.2 Å². The second-order valence-corrected chi connectivity index (χ2v) is 17.6. The summed E-state index contributed by atoms with van der Waals surface area (Å²) in [6.07, 6.45) is 9.23. The van der Waals surface area contributed by atoms with Crippen LogP contribution in [-0.4, -0.2) is 18.0 Å². The van der Waals surface area contributed by atoms with Crippen LogP contribution in [-0.2, 0) is 20.1 Å². The fourth-order valence-corrected chi connectivity index (χ4v) is 7.40. The van der Waals surface area contributed by atoms with Gasteiger partial charge in [-0.2, -0.15) is 0 Å². The van der Waals surface area contributed by atoms with Crippen LogP contribution >= 0.6 is 0 Å². The van der Waals surface area contributed by atoms with E-state index in [1.54, 1.807) is 0 Å². The molecule has 0 saturated heterocycles. The molecule has 3 nitrogen and oxygen atoms in total. The van der Waals surface area contributed by atoms with Gasteiger partial charge in [-0.1, -0.05) is 92.8 Å². The number of para-hydroxylation sites is 1. The third kappa shape index (κ3) is 6.75. The molecule has 221 valence electrons. The molecular weight excluding hydrogens is 721 g/mol. The molecule has 3 heterocycles. The van der Waals surface area contributed by atoms with Crippen LogP contribution in [0.1, 0.15) is 48.3 Å². The third-order valence-electron chi connectivity index (χ3n) is 8.29. The van der Waals surface area contributed by atoms with Crippen LogP contribution in [0.5, 0.6) is 0 Å². The third-order valence-corrected chi connectivity index (χ3v) is 10.3. The second kappa shape index (κ2) is 13.1. The van der Waals surface area contributed by atoms with Gasteiger partial charge in [-0.3, -0.25) is 0 Å². The molecule has 1 aliphatic carbocycles. The maximum absolute atomic E-state index is 6.35. The first-order chi connectivity index (χ1) is 20.3. The van der Waals surface area contributed by atoms with E-state index >= 15 is 0 Å². The molecule has 0 unspecified atom stereocenters. The van der Waals surface area contributed by atoms with Gasteiger partial charge in [0.2, 0.25) is 0 Å². The number of aromatic nitrogens is 2. The van der Waals surface area contributed by atoms with E-state index in [0.29, 0.717) is 5.92 Å².